The Bertz CT molecular complexity index is 1060. The maximum Gasteiger partial charge on any atom is 0.193 e. The van der Waals surface area contributed by atoms with Crippen LogP contribution in [0.1, 0.15) is 10.4 Å². The van der Waals surface area contributed by atoms with Crippen molar-refractivity contribution in [1.29, 1.82) is 0 Å². The molecule has 0 spiro atoms. The molecule has 2 aromatic heterocycles. The van der Waals surface area contributed by atoms with Crippen LogP contribution in [0.4, 0.5) is 17.1 Å². The SMILES string of the molecule is CN(C)c1cccc(Nc2cnc3[nH]cc(C(=O)C4=CC=CNC4)c3c2)c1. The average Bonchev–Trinajstić information content (AvgIpc) is 3.11. The summed E-state index contributed by atoms with van der Waals surface area (Å²) in [7, 11) is 4.02. The Labute approximate surface area is 157 Å². The van der Waals surface area contributed by atoms with Crippen molar-refractivity contribution in [3.63, 3.8) is 0 Å². The highest BCUT2D eigenvalue weighted by Gasteiger charge is 2.17. The predicted molar refractivity (Wildman–Crippen MR) is 110 cm³/mol. The van der Waals surface area contributed by atoms with E-state index in [4.69, 9.17) is 0 Å². The molecule has 4 rings (SSSR count). The summed E-state index contributed by atoms with van der Waals surface area (Å²) in [6.45, 7) is 0.532. The summed E-state index contributed by atoms with van der Waals surface area (Å²) in [4.78, 5) is 22.4. The molecular weight excluding hydrogens is 338 g/mol. The van der Waals surface area contributed by atoms with Gasteiger partial charge in [0.1, 0.15) is 5.65 Å². The number of ketones is 1. The van der Waals surface area contributed by atoms with Gasteiger partial charge < -0.3 is 20.5 Å². The first-order chi connectivity index (χ1) is 13.1. The van der Waals surface area contributed by atoms with E-state index in [0.29, 0.717) is 17.8 Å². The first-order valence-corrected chi connectivity index (χ1v) is 8.77. The number of carbonyl (C=O) groups excluding carboxylic acids is 1. The molecule has 1 aliphatic heterocycles. The predicted octanol–water partition coefficient (Wildman–Crippen LogP) is 3.60. The summed E-state index contributed by atoms with van der Waals surface area (Å²) in [5.41, 5.74) is 4.97. The molecule has 0 aliphatic carbocycles. The van der Waals surface area contributed by atoms with E-state index in [1.807, 2.05) is 50.6 Å². The fraction of sp³-hybridized carbons (Fsp3) is 0.143. The zero-order chi connectivity index (χ0) is 18.8. The second kappa shape index (κ2) is 6.99. The molecule has 0 unspecified atom stereocenters. The Morgan fingerprint density at radius 2 is 2.11 bits per heavy atom. The van der Waals surface area contributed by atoms with Crippen molar-refractivity contribution in [3.8, 4) is 0 Å². The summed E-state index contributed by atoms with van der Waals surface area (Å²) in [6.07, 6.45) is 9.02. The molecule has 6 nitrogen and oxygen atoms in total. The summed E-state index contributed by atoms with van der Waals surface area (Å²) in [5, 5.41) is 7.26. The van der Waals surface area contributed by atoms with Crippen LogP contribution in [0.5, 0.6) is 0 Å². The second-order valence-electron chi connectivity index (χ2n) is 6.65. The topological polar surface area (TPSA) is 73.0 Å². The summed E-state index contributed by atoms with van der Waals surface area (Å²) >= 11 is 0. The number of nitrogens with one attached hydrogen (secondary N) is 3. The molecule has 136 valence electrons. The minimum absolute atomic E-state index is 0.00616. The van der Waals surface area contributed by atoms with Crippen molar-refractivity contribution in [2.45, 2.75) is 0 Å². The quantitative estimate of drug-likeness (QED) is 0.607. The Hall–Kier alpha value is -3.54. The third-order valence-corrected chi connectivity index (χ3v) is 4.52. The van der Waals surface area contributed by atoms with E-state index in [2.05, 4.69) is 37.6 Å². The van der Waals surface area contributed by atoms with Crippen LogP contribution in [0, 0.1) is 0 Å². The fourth-order valence-corrected chi connectivity index (χ4v) is 3.08. The molecule has 0 saturated carbocycles. The number of hydrogen-bond donors (Lipinski definition) is 3. The van der Waals surface area contributed by atoms with Crippen molar-refractivity contribution in [1.82, 2.24) is 15.3 Å². The highest BCUT2D eigenvalue weighted by atomic mass is 16.1. The number of aromatic amines is 1. The molecule has 27 heavy (non-hydrogen) atoms. The van der Waals surface area contributed by atoms with Gasteiger partial charge in [0.2, 0.25) is 0 Å². The van der Waals surface area contributed by atoms with E-state index in [1.54, 1.807) is 12.4 Å². The van der Waals surface area contributed by atoms with Gasteiger partial charge >= 0.3 is 0 Å². The number of nitrogens with zero attached hydrogens (tertiary/aromatic N) is 2. The van der Waals surface area contributed by atoms with E-state index in [9.17, 15) is 4.79 Å². The molecule has 3 aromatic rings. The minimum Gasteiger partial charge on any atom is -0.387 e. The van der Waals surface area contributed by atoms with Gasteiger partial charge in [0, 0.05) is 54.7 Å². The van der Waals surface area contributed by atoms with Crippen LogP contribution >= 0.6 is 0 Å². The Morgan fingerprint density at radius 3 is 2.89 bits per heavy atom. The molecule has 0 amide bonds. The standard InChI is InChI=1S/C21H21N5O/c1-26(2)17-7-3-6-15(9-17)25-16-10-18-19(13-24-21(18)23-12-16)20(27)14-5-4-8-22-11-14/h3-10,12-13,22,25H,11H2,1-2H3,(H,23,24). The number of dihydropyridines is 1. The molecule has 0 atom stereocenters. The third kappa shape index (κ3) is 3.42. The highest BCUT2D eigenvalue weighted by Crippen LogP contribution is 2.26. The molecule has 1 aromatic carbocycles. The van der Waals surface area contributed by atoms with Gasteiger partial charge in [-0.3, -0.25) is 4.79 Å². The van der Waals surface area contributed by atoms with Crippen molar-refractivity contribution >= 4 is 33.9 Å². The lowest BCUT2D eigenvalue weighted by Crippen LogP contribution is -2.18. The Kier molecular flexibility index (Phi) is 4.38. The number of anilines is 3. The molecule has 0 fully saturated rings. The molecule has 3 heterocycles. The number of benzene rings is 1. The van der Waals surface area contributed by atoms with Gasteiger partial charge in [0.25, 0.3) is 0 Å². The fourth-order valence-electron chi connectivity index (χ4n) is 3.08. The number of carbonyl (C=O) groups is 1. The van der Waals surface area contributed by atoms with Gasteiger partial charge in [0.05, 0.1) is 11.9 Å². The number of fused-ring (bicyclic) bond motifs is 1. The van der Waals surface area contributed by atoms with Crippen molar-refractivity contribution in [2.75, 3.05) is 30.9 Å². The highest BCUT2D eigenvalue weighted by molar-refractivity contribution is 6.16. The lowest BCUT2D eigenvalue weighted by Gasteiger charge is -2.14. The summed E-state index contributed by atoms with van der Waals surface area (Å²) in [5.74, 6) is 0.00616. The van der Waals surface area contributed by atoms with Gasteiger partial charge in [-0.2, -0.15) is 0 Å². The Balaban J connectivity index is 1.66. The molecule has 6 heteroatoms. The molecule has 0 saturated heterocycles. The molecule has 1 aliphatic rings. The van der Waals surface area contributed by atoms with Gasteiger partial charge in [-0.1, -0.05) is 12.1 Å². The number of pyridine rings is 1. The van der Waals surface area contributed by atoms with E-state index in [1.165, 1.54) is 0 Å². The number of hydrogen-bond acceptors (Lipinski definition) is 5. The Morgan fingerprint density at radius 1 is 1.22 bits per heavy atom. The number of allylic oxidation sites excluding steroid dienone is 2. The number of H-pyrrole nitrogens is 1. The van der Waals surface area contributed by atoms with Crippen molar-refractivity contribution in [3.05, 3.63) is 72.2 Å². The van der Waals surface area contributed by atoms with Crippen LogP contribution in [0.25, 0.3) is 11.0 Å². The first-order valence-electron chi connectivity index (χ1n) is 8.77. The summed E-state index contributed by atoms with van der Waals surface area (Å²) in [6, 6.07) is 10.1. The summed E-state index contributed by atoms with van der Waals surface area (Å²) < 4.78 is 0. The zero-order valence-electron chi connectivity index (χ0n) is 15.3. The van der Waals surface area contributed by atoms with Crippen molar-refractivity contribution in [2.24, 2.45) is 0 Å². The monoisotopic (exact) mass is 359 g/mol. The maximum absolute atomic E-state index is 12.8. The molecule has 3 N–H and O–H groups in total. The molecule has 0 radical (unpaired) electrons. The zero-order valence-corrected chi connectivity index (χ0v) is 15.3. The number of Topliss-reactive ketones (excluding diaryl/α,β-unsaturated/α-hetero) is 1. The van der Waals surface area contributed by atoms with Crippen LogP contribution in [0.15, 0.2) is 66.7 Å². The lowest BCUT2D eigenvalue weighted by atomic mass is 10.0. The van der Waals surface area contributed by atoms with E-state index >= 15 is 0 Å². The largest absolute Gasteiger partial charge is 0.387 e. The first kappa shape index (κ1) is 16.9. The number of aromatic nitrogens is 2. The average molecular weight is 359 g/mol. The van der Waals surface area contributed by atoms with E-state index < -0.39 is 0 Å². The molecular formula is C21H21N5O. The second-order valence-corrected chi connectivity index (χ2v) is 6.65. The van der Waals surface area contributed by atoms with Crippen molar-refractivity contribution < 1.29 is 4.79 Å². The van der Waals surface area contributed by atoms with Crippen LogP contribution in [0.2, 0.25) is 0 Å². The molecule has 0 bridgehead atoms. The van der Waals surface area contributed by atoms with Crippen LogP contribution in [0.3, 0.4) is 0 Å². The van der Waals surface area contributed by atoms with E-state index in [-0.39, 0.29) is 5.78 Å². The van der Waals surface area contributed by atoms with Crippen LogP contribution < -0.4 is 15.5 Å². The third-order valence-electron chi connectivity index (χ3n) is 4.52. The maximum atomic E-state index is 12.8. The van der Waals surface area contributed by atoms with Gasteiger partial charge in [0.15, 0.2) is 5.78 Å². The van der Waals surface area contributed by atoms with Crippen LogP contribution in [-0.2, 0) is 0 Å². The van der Waals surface area contributed by atoms with Gasteiger partial charge in [-0.15, -0.1) is 0 Å². The van der Waals surface area contributed by atoms with Gasteiger partial charge in [-0.25, -0.2) is 4.98 Å². The normalized spacial score (nSPS) is 13.2. The minimum atomic E-state index is 0.00616. The van der Waals surface area contributed by atoms with Crippen LogP contribution in [-0.4, -0.2) is 36.4 Å². The lowest BCUT2D eigenvalue weighted by molar-refractivity contribution is 0.103. The van der Waals surface area contributed by atoms with Gasteiger partial charge in [-0.05, 0) is 36.5 Å². The number of rotatable bonds is 5. The smallest absolute Gasteiger partial charge is 0.193 e. The van der Waals surface area contributed by atoms with E-state index in [0.717, 1.165) is 28.0 Å².